The first-order chi connectivity index (χ1) is 10.5. The largest absolute Gasteiger partial charge is 0.103 e. The first-order valence-corrected chi connectivity index (χ1v) is 9.80. The minimum Gasteiger partial charge on any atom is -0.103 e. The van der Waals surface area contributed by atoms with Gasteiger partial charge in [-0.3, -0.25) is 0 Å². The van der Waals surface area contributed by atoms with Gasteiger partial charge in [-0.05, 0) is 73.0 Å². The molecule has 0 nitrogen and oxygen atoms in total. The van der Waals surface area contributed by atoms with Gasteiger partial charge in [-0.15, -0.1) is 6.58 Å². The molecule has 0 aromatic heterocycles. The maximum atomic E-state index is 4.11. The van der Waals surface area contributed by atoms with Crippen LogP contribution in [-0.2, 0) is 0 Å². The van der Waals surface area contributed by atoms with E-state index in [2.05, 4.69) is 46.4 Å². The number of hydrogen-bond donors (Lipinski definition) is 0. The Morgan fingerprint density at radius 3 is 2.77 bits per heavy atom. The molecule has 0 N–H and O–H groups in total. The van der Waals surface area contributed by atoms with Crippen molar-refractivity contribution in [2.24, 2.45) is 34.5 Å². The highest BCUT2D eigenvalue weighted by molar-refractivity contribution is 5.29. The summed E-state index contributed by atoms with van der Waals surface area (Å²) in [6, 6.07) is 0. The van der Waals surface area contributed by atoms with Crippen molar-refractivity contribution in [1.82, 2.24) is 0 Å². The molecule has 0 heterocycles. The Labute approximate surface area is 138 Å². The van der Waals surface area contributed by atoms with E-state index in [1.165, 1.54) is 51.4 Å². The van der Waals surface area contributed by atoms with Crippen molar-refractivity contribution >= 4 is 0 Å². The van der Waals surface area contributed by atoms with Crippen LogP contribution in [0.2, 0.25) is 0 Å². The van der Waals surface area contributed by atoms with Crippen molar-refractivity contribution in [3.8, 4) is 0 Å². The van der Waals surface area contributed by atoms with Gasteiger partial charge in [-0.2, -0.15) is 0 Å². The van der Waals surface area contributed by atoms with Crippen molar-refractivity contribution < 1.29 is 0 Å². The van der Waals surface area contributed by atoms with Gasteiger partial charge in [0.1, 0.15) is 0 Å². The molecule has 3 rings (SSSR count). The molecule has 0 aromatic carbocycles. The first-order valence-electron chi connectivity index (χ1n) is 9.80. The molecule has 6 unspecified atom stereocenters. The predicted molar refractivity (Wildman–Crippen MR) is 96.7 cm³/mol. The zero-order valence-electron chi connectivity index (χ0n) is 15.3. The molecule has 3 aliphatic carbocycles. The first kappa shape index (κ1) is 16.3. The van der Waals surface area contributed by atoms with Crippen molar-refractivity contribution in [2.45, 2.75) is 79.1 Å². The molecule has 3 aliphatic rings. The zero-order valence-corrected chi connectivity index (χ0v) is 15.3. The van der Waals surface area contributed by atoms with E-state index >= 15 is 0 Å². The van der Waals surface area contributed by atoms with Crippen molar-refractivity contribution in [3.05, 3.63) is 24.3 Å². The molecule has 0 bridgehead atoms. The standard InChI is InChI=1S/C22H36/c1-6-14-22(5)18(16(3)7-2)12-13-19-20(22)11-10-17-9-8-15-21(17,19)4/h7,13,16-18,20H,2,6,8-12,14-15H2,1,3-5H3. The fourth-order valence-corrected chi connectivity index (χ4v) is 6.72. The Balaban J connectivity index is 2.00. The molecule has 6 atom stereocenters. The molecule has 22 heavy (non-hydrogen) atoms. The predicted octanol–water partition coefficient (Wildman–Crippen LogP) is 6.78. The maximum Gasteiger partial charge on any atom is -0.00852 e. The van der Waals surface area contributed by atoms with Crippen LogP contribution in [-0.4, -0.2) is 0 Å². The highest BCUT2D eigenvalue weighted by atomic mass is 14.6. The van der Waals surface area contributed by atoms with E-state index in [1.807, 2.05) is 5.57 Å². The van der Waals surface area contributed by atoms with Gasteiger partial charge in [-0.25, -0.2) is 0 Å². The van der Waals surface area contributed by atoms with Crippen LogP contribution in [0.15, 0.2) is 24.3 Å². The molecule has 0 spiro atoms. The average molecular weight is 301 g/mol. The van der Waals surface area contributed by atoms with Crippen molar-refractivity contribution in [2.75, 3.05) is 0 Å². The summed E-state index contributed by atoms with van der Waals surface area (Å²) in [7, 11) is 0. The summed E-state index contributed by atoms with van der Waals surface area (Å²) in [4.78, 5) is 0. The van der Waals surface area contributed by atoms with Crippen LogP contribution < -0.4 is 0 Å². The van der Waals surface area contributed by atoms with Crippen LogP contribution in [0.3, 0.4) is 0 Å². The van der Waals surface area contributed by atoms with E-state index in [-0.39, 0.29) is 0 Å². The Morgan fingerprint density at radius 2 is 2.09 bits per heavy atom. The minimum atomic E-state index is 0.489. The number of hydrogen-bond acceptors (Lipinski definition) is 0. The average Bonchev–Trinajstić information content (AvgIpc) is 2.89. The van der Waals surface area contributed by atoms with Gasteiger partial charge < -0.3 is 0 Å². The van der Waals surface area contributed by atoms with Gasteiger partial charge in [0, 0.05) is 0 Å². The van der Waals surface area contributed by atoms with Gasteiger partial charge in [-0.1, -0.05) is 58.3 Å². The van der Waals surface area contributed by atoms with E-state index in [1.54, 1.807) is 0 Å². The van der Waals surface area contributed by atoms with Gasteiger partial charge in [0.2, 0.25) is 0 Å². The SMILES string of the molecule is C=CC(C)C1CC=C2C(CCC3CCCC23C)C1(C)CCC. The third-order valence-electron chi connectivity index (χ3n) is 8.02. The highest BCUT2D eigenvalue weighted by Gasteiger charge is 2.54. The quantitative estimate of drug-likeness (QED) is 0.502. The number of rotatable bonds is 4. The molecule has 0 radical (unpaired) electrons. The van der Waals surface area contributed by atoms with Crippen LogP contribution in [0.4, 0.5) is 0 Å². The lowest BCUT2D eigenvalue weighted by molar-refractivity contribution is 0.0157. The third-order valence-corrected chi connectivity index (χ3v) is 8.02. The monoisotopic (exact) mass is 300 g/mol. The van der Waals surface area contributed by atoms with Gasteiger partial charge in [0.15, 0.2) is 0 Å². The lowest BCUT2D eigenvalue weighted by Crippen LogP contribution is -2.48. The van der Waals surface area contributed by atoms with Crippen LogP contribution in [0.5, 0.6) is 0 Å². The molecular formula is C22H36. The normalized spacial score (nSPS) is 45.6. The highest BCUT2D eigenvalue weighted by Crippen LogP contribution is 2.64. The van der Waals surface area contributed by atoms with E-state index in [0.29, 0.717) is 16.7 Å². The lowest BCUT2D eigenvalue weighted by Gasteiger charge is -2.56. The van der Waals surface area contributed by atoms with E-state index in [0.717, 1.165) is 17.8 Å². The zero-order chi connectivity index (χ0) is 16.0. The summed E-state index contributed by atoms with van der Waals surface area (Å²) < 4.78 is 0. The second-order valence-electron chi connectivity index (χ2n) is 8.99. The number of fused-ring (bicyclic) bond motifs is 3. The number of allylic oxidation sites excluding steroid dienone is 3. The fourth-order valence-electron chi connectivity index (χ4n) is 6.72. The molecule has 0 heteroatoms. The summed E-state index contributed by atoms with van der Waals surface area (Å²) in [5.41, 5.74) is 2.91. The molecule has 0 amide bonds. The molecule has 2 saturated carbocycles. The molecule has 0 aliphatic heterocycles. The van der Waals surface area contributed by atoms with Crippen LogP contribution in [0, 0.1) is 34.5 Å². The molecule has 124 valence electrons. The Morgan fingerprint density at radius 1 is 1.32 bits per heavy atom. The second-order valence-corrected chi connectivity index (χ2v) is 8.99. The summed E-state index contributed by atoms with van der Waals surface area (Å²) in [5, 5.41) is 0. The van der Waals surface area contributed by atoms with Gasteiger partial charge in [0.25, 0.3) is 0 Å². The van der Waals surface area contributed by atoms with Crippen LogP contribution in [0.1, 0.15) is 79.1 Å². The van der Waals surface area contributed by atoms with Crippen LogP contribution >= 0.6 is 0 Å². The Hall–Kier alpha value is -0.520. The van der Waals surface area contributed by atoms with Gasteiger partial charge >= 0.3 is 0 Å². The summed E-state index contributed by atoms with van der Waals surface area (Å²) >= 11 is 0. The fraction of sp³-hybridized carbons (Fsp3) is 0.818. The Kier molecular flexibility index (Phi) is 4.34. The second kappa shape index (κ2) is 5.84. The van der Waals surface area contributed by atoms with E-state index in [4.69, 9.17) is 0 Å². The molecular weight excluding hydrogens is 264 g/mol. The summed E-state index contributed by atoms with van der Waals surface area (Å²) in [5.74, 6) is 3.26. The molecule has 0 aromatic rings. The lowest BCUT2D eigenvalue weighted by atomic mass is 9.48. The van der Waals surface area contributed by atoms with Crippen LogP contribution in [0.25, 0.3) is 0 Å². The summed E-state index contributed by atoms with van der Waals surface area (Å²) in [6.45, 7) is 14.1. The summed E-state index contributed by atoms with van der Waals surface area (Å²) in [6.07, 6.45) is 16.2. The molecule has 2 fully saturated rings. The van der Waals surface area contributed by atoms with E-state index < -0.39 is 0 Å². The third kappa shape index (κ3) is 2.24. The maximum absolute atomic E-state index is 4.11. The Bertz CT molecular complexity index is 459. The topological polar surface area (TPSA) is 0 Å². The minimum absolute atomic E-state index is 0.489. The van der Waals surface area contributed by atoms with Crippen molar-refractivity contribution in [3.63, 3.8) is 0 Å². The van der Waals surface area contributed by atoms with Crippen molar-refractivity contribution in [1.29, 1.82) is 0 Å². The van der Waals surface area contributed by atoms with Gasteiger partial charge in [0.05, 0.1) is 0 Å². The van der Waals surface area contributed by atoms with E-state index in [9.17, 15) is 0 Å². The molecule has 0 saturated heterocycles. The smallest absolute Gasteiger partial charge is 0.00852 e.